The Balaban J connectivity index is -0.0000000456. The van der Waals surface area contributed by atoms with Gasteiger partial charge in [-0.15, -0.1) is 0 Å². The monoisotopic (exact) mass is 570 g/mol. The van der Waals surface area contributed by atoms with Gasteiger partial charge in [0.1, 0.15) is 11.0 Å². The molecule has 1 N–H and O–H groups in total. The molecule has 0 aromatic heterocycles. The van der Waals surface area contributed by atoms with Crippen LogP contribution in [0.3, 0.4) is 0 Å². The summed E-state index contributed by atoms with van der Waals surface area (Å²) in [6, 6.07) is 0. The average Bonchev–Trinajstić information content (AvgIpc) is 2.75. The van der Waals surface area contributed by atoms with Crippen molar-refractivity contribution in [2.45, 2.75) is 18.2 Å². The van der Waals surface area contributed by atoms with Gasteiger partial charge < -0.3 is 9.84 Å². The fourth-order valence-corrected chi connectivity index (χ4v) is 0.336. The summed E-state index contributed by atoms with van der Waals surface area (Å²) in [5.74, 6) is -0.593. The molecule has 0 aromatic carbocycles. The maximum Gasteiger partial charge on any atom is 0.324 e. The van der Waals surface area contributed by atoms with Crippen molar-refractivity contribution < 1.29 is 82.6 Å². The van der Waals surface area contributed by atoms with Gasteiger partial charge in [0.05, 0.1) is 6.61 Å². The van der Waals surface area contributed by atoms with E-state index < -0.39 is 58.3 Å². The second-order valence-corrected chi connectivity index (χ2v) is 5.27. The van der Waals surface area contributed by atoms with Crippen molar-refractivity contribution in [3.63, 3.8) is 0 Å². The Morgan fingerprint density at radius 1 is 0.742 bits per heavy atom. The molecule has 198 valence electrons. The fourth-order valence-electron chi connectivity index (χ4n) is 0.221. The van der Waals surface area contributed by atoms with Crippen LogP contribution >= 0.6 is 15.9 Å². The molecule has 0 saturated heterocycles. The Kier molecular flexibility index (Phi) is 87.4. The smallest absolute Gasteiger partial charge is 0.324 e. The number of hydrogen-bond donors (Lipinski definition) is 1. The summed E-state index contributed by atoms with van der Waals surface area (Å²) in [5.41, 5.74) is 0. The molecule has 0 spiro atoms. The fraction of sp³-hybridized carbons (Fsp3) is 0.917. The van der Waals surface area contributed by atoms with Gasteiger partial charge in [-0.1, -0.05) is 15.9 Å². The number of alkyl halides is 10. The van der Waals surface area contributed by atoms with Crippen molar-refractivity contribution in [3.8, 4) is 0 Å². The molecule has 0 aromatic rings. The van der Waals surface area contributed by atoms with E-state index >= 15 is 0 Å². The summed E-state index contributed by atoms with van der Waals surface area (Å²) in [6.45, 7) is -6.40. The average molecular weight is 571 g/mol. The van der Waals surface area contributed by atoms with E-state index in [9.17, 15) is 57.9 Å². The van der Waals surface area contributed by atoms with E-state index in [0.29, 0.717) is 0 Å². The summed E-state index contributed by atoms with van der Waals surface area (Å²) in [7, 11) is 0. The van der Waals surface area contributed by atoms with Crippen molar-refractivity contribution in [1.29, 1.82) is 0 Å². The van der Waals surface area contributed by atoms with Crippen molar-refractivity contribution in [2.24, 2.45) is 0 Å². The van der Waals surface area contributed by atoms with Crippen LogP contribution in [0.2, 0.25) is 0 Å². The van der Waals surface area contributed by atoms with Gasteiger partial charge in [0.2, 0.25) is 41.3 Å². The first-order chi connectivity index (χ1) is 14.5. The summed E-state index contributed by atoms with van der Waals surface area (Å²) in [4.78, 5) is 17.7. The predicted octanol–water partition coefficient (Wildman–Crippen LogP) is 5.79. The quantitative estimate of drug-likeness (QED) is 0.248. The molecule has 0 atom stereocenters. The van der Waals surface area contributed by atoms with Crippen LogP contribution in [0.25, 0.3) is 0 Å². The van der Waals surface area contributed by atoms with Gasteiger partial charge in [0.15, 0.2) is 0 Å². The summed E-state index contributed by atoms with van der Waals surface area (Å²) in [6.07, 6.45) is 0. The highest BCUT2D eigenvalue weighted by molar-refractivity contribution is 9.10. The molecule has 0 rings (SSSR count). The van der Waals surface area contributed by atoms with E-state index in [2.05, 4.69) is 35.5 Å². The Morgan fingerprint density at radius 3 is 0.968 bits per heavy atom. The highest BCUT2D eigenvalue weighted by Gasteiger charge is 2.24. The number of rotatable bonds is 6. The van der Waals surface area contributed by atoms with Crippen molar-refractivity contribution >= 4 is 21.9 Å². The first-order valence-corrected chi connectivity index (χ1v) is 7.48. The van der Waals surface area contributed by atoms with Gasteiger partial charge in [0.25, 0.3) is 0 Å². The minimum absolute atomic E-state index is 0.347. The molecule has 19 heteroatoms. The number of aliphatic hydroxyl groups is 1. The third kappa shape index (κ3) is 147. The molecule has 0 bridgehead atoms. The van der Waals surface area contributed by atoms with E-state index in [4.69, 9.17) is 5.11 Å². The van der Waals surface area contributed by atoms with Crippen LogP contribution in [0.15, 0.2) is 0 Å². The highest BCUT2D eigenvalue weighted by atomic mass is 79.9. The van der Waals surface area contributed by atoms with Crippen LogP contribution in [-0.4, -0.2) is 70.0 Å². The SMILES string of the molecule is CC(C)(Br)C(=O)OCF.FCF.FCF.FCOF.FCOF.FCOF.OCCF. The number of hydrogen-bond acceptors (Lipinski definition) is 6. The topological polar surface area (TPSA) is 74.2 Å². The van der Waals surface area contributed by atoms with Crippen LogP contribution in [0.5, 0.6) is 0 Å². The van der Waals surface area contributed by atoms with Crippen LogP contribution in [-0.2, 0) is 24.4 Å². The Hall–Kier alpha value is -1.05. The number of carbonyl (C=O) groups is 1. The first kappa shape index (κ1) is 47.7. The third-order valence-electron chi connectivity index (χ3n) is 0.879. The zero-order chi connectivity index (χ0) is 26.6. The van der Waals surface area contributed by atoms with Gasteiger partial charge >= 0.3 is 5.97 Å². The Morgan fingerprint density at radius 2 is 0.935 bits per heavy atom. The third-order valence-corrected chi connectivity index (χ3v) is 1.20. The maximum absolute atomic E-state index is 11.3. The van der Waals surface area contributed by atoms with E-state index in [1.807, 2.05) is 0 Å². The number of ether oxygens (including phenoxy) is 1. The lowest BCUT2D eigenvalue weighted by Crippen LogP contribution is -2.26. The number of halogens is 13. The molecule has 0 heterocycles. The largest absolute Gasteiger partial charge is 0.433 e. The standard InChI is InChI=1S/C5H8BrFO2.C2H5FO.3CH2F2O.2CH2F2/c1-5(2,6)4(8)9-3-7;3-1-2-4;3*2-1-4-3;2*2-1-3/h3H2,1-2H3;4H,1-2H2;3*1H2;2*1H2. The lowest BCUT2D eigenvalue weighted by Gasteiger charge is -2.11. The second kappa shape index (κ2) is 56.8. The van der Waals surface area contributed by atoms with Crippen molar-refractivity contribution in [3.05, 3.63) is 0 Å². The van der Waals surface area contributed by atoms with E-state index in [1.165, 1.54) is 0 Å². The van der Waals surface area contributed by atoms with Crippen LogP contribution in [0.1, 0.15) is 13.8 Å². The molecule has 6 nitrogen and oxygen atoms in total. The zero-order valence-corrected chi connectivity index (χ0v) is 17.6. The van der Waals surface area contributed by atoms with Gasteiger partial charge in [-0.2, -0.15) is 14.8 Å². The lowest BCUT2D eigenvalue weighted by molar-refractivity contribution is -0.167. The van der Waals surface area contributed by atoms with Crippen LogP contribution < -0.4 is 0 Å². The van der Waals surface area contributed by atoms with E-state index in [0.717, 1.165) is 0 Å². The molecule has 0 fully saturated rings. The van der Waals surface area contributed by atoms with Crippen molar-refractivity contribution in [1.82, 2.24) is 0 Å². The van der Waals surface area contributed by atoms with Crippen LogP contribution in [0, 0.1) is 0 Å². The number of aliphatic hydroxyl groups excluding tert-OH is 1. The molecule has 0 aliphatic carbocycles. The van der Waals surface area contributed by atoms with Gasteiger partial charge in [-0.3, -0.25) is 4.79 Å². The van der Waals surface area contributed by atoms with Gasteiger partial charge in [-0.05, 0) is 27.4 Å². The number of esters is 1. The summed E-state index contributed by atoms with van der Waals surface area (Å²) < 4.78 is 123. The van der Waals surface area contributed by atoms with E-state index in [-0.39, 0.29) is 6.61 Å². The minimum atomic E-state index is -1.75. The molecule has 0 aliphatic heterocycles. The molecule has 0 radical (unpaired) electrons. The highest BCUT2D eigenvalue weighted by Crippen LogP contribution is 2.17. The van der Waals surface area contributed by atoms with Gasteiger partial charge in [0, 0.05) is 0 Å². The summed E-state index contributed by atoms with van der Waals surface area (Å²) in [5, 5.41) is 7.50. The van der Waals surface area contributed by atoms with E-state index in [1.54, 1.807) is 13.8 Å². The zero-order valence-electron chi connectivity index (χ0n) is 16.1. The van der Waals surface area contributed by atoms with Crippen LogP contribution in [0.4, 0.5) is 53.1 Å². The molecular formula is C12H23BrF12O6. The predicted molar refractivity (Wildman–Crippen MR) is 86.8 cm³/mol. The maximum atomic E-state index is 11.3. The summed E-state index contributed by atoms with van der Waals surface area (Å²) >= 11 is 3.00. The molecule has 31 heavy (non-hydrogen) atoms. The second-order valence-electron chi connectivity index (χ2n) is 3.28. The Labute approximate surface area is 178 Å². The Bertz CT molecular complexity index is 233. The van der Waals surface area contributed by atoms with Gasteiger partial charge in [-0.25, -0.2) is 39.5 Å². The minimum Gasteiger partial charge on any atom is -0.433 e. The molecular weight excluding hydrogens is 548 g/mol. The molecule has 0 aliphatic rings. The number of carbonyl (C=O) groups excluding carboxylic acids is 1. The first-order valence-electron chi connectivity index (χ1n) is 6.69. The lowest BCUT2D eigenvalue weighted by atomic mass is 10.2. The molecule has 0 unspecified atom stereocenters. The normalized spacial score (nSPS) is 8.26. The van der Waals surface area contributed by atoms with Crippen molar-refractivity contribution in [2.75, 3.05) is 54.6 Å². The molecule has 0 saturated carbocycles. The molecule has 0 amide bonds.